The van der Waals surface area contributed by atoms with Gasteiger partial charge >= 0.3 is 0 Å². The van der Waals surface area contributed by atoms with Crippen LogP contribution < -0.4 is 10.1 Å². The van der Waals surface area contributed by atoms with Crippen molar-refractivity contribution in [1.82, 2.24) is 4.31 Å². The predicted molar refractivity (Wildman–Crippen MR) is 119 cm³/mol. The third-order valence-corrected chi connectivity index (χ3v) is 6.33. The van der Waals surface area contributed by atoms with E-state index >= 15 is 0 Å². The van der Waals surface area contributed by atoms with Crippen LogP contribution in [-0.2, 0) is 14.8 Å². The lowest BCUT2D eigenvalue weighted by Gasteiger charge is -2.19. The number of hydrogen-bond acceptors (Lipinski definition) is 4. The maximum atomic E-state index is 12.7. The van der Waals surface area contributed by atoms with Gasteiger partial charge in [0.05, 0.1) is 9.92 Å². The second kappa shape index (κ2) is 10.6. The topological polar surface area (TPSA) is 75.7 Å². The number of hydrogen-bond donors (Lipinski definition) is 1. The van der Waals surface area contributed by atoms with E-state index in [2.05, 4.69) is 34.4 Å². The molecule has 0 aliphatic carbocycles. The van der Waals surface area contributed by atoms with Crippen molar-refractivity contribution < 1.29 is 17.9 Å². The Hall–Kier alpha value is -2.13. The number of nitrogens with one attached hydrogen (secondary N) is 1. The van der Waals surface area contributed by atoms with Gasteiger partial charge in [-0.15, -0.1) is 13.2 Å². The summed E-state index contributed by atoms with van der Waals surface area (Å²) >= 11 is 9.34. The average Bonchev–Trinajstić information content (AvgIpc) is 2.67. The molecule has 0 radical (unpaired) electrons. The van der Waals surface area contributed by atoms with Crippen molar-refractivity contribution in [2.45, 2.75) is 4.90 Å². The molecule has 2 aromatic carbocycles. The van der Waals surface area contributed by atoms with Crippen molar-refractivity contribution >= 4 is 49.1 Å². The zero-order chi connectivity index (χ0) is 21.4. The molecule has 29 heavy (non-hydrogen) atoms. The van der Waals surface area contributed by atoms with E-state index in [1.165, 1.54) is 40.7 Å². The Morgan fingerprint density at radius 3 is 2.31 bits per heavy atom. The van der Waals surface area contributed by atoms with Crippen LogP contribution in [0.2, 0.25) is 5.02 Å². The first-order valence-corrected chi connectivity index (χ1v) is 11.1. The molecule has 9 heteroatoms. The molecular weight excluding hydrogens is 480 g/mol. The molecule has 0 bridgehead atoms. The standard InChI is InChI=1S/C20H20BrClN2O4S/c1-3-11-24(12-4-2)29(26,27)17-8-6-16(7-9-17)23-20(25)14-28-19-10-5-15(21)13-18(19)22/h3-10,13H,1-2,11-12,14H2,(H,23,25). The van der Waals surface area contributed by atoms with E-state index < -0.39 is 15.9 Å². The number of amides is 1. The highest BCUT2D eigenvalue weighted by molar-refractivity contribution is 9.10. The van der Waals surface area contributed by atoms with Gasteiger partial charge in [0.2, 0.25) is 10.0 Å². The number of anilines is 1. The highest BCUT2D eigenvalue weighted by Crippen LogP contribution is 2.27. The number of benzene rings is 2. The minimum atomic E-state index is -3.69. The molecular formula is C20H20BrClN2O4S. The summed E-state index contributed by atoms with van der Waals surface area (Å²) in [4.78, 5) is 12.2. The van der Waals surface area contributed by atoms with Gasteiger partial charge in [-0.05, 0) is 42.5 Å². The number of rotatable bonds is 10. The van der Waals surface area contributed by atoms with Crippen molar-refractivity contribution in [3.05, 3.63) is 77.3 Å². The predicted octanol–water partition coefficient (Wildman–Crippen LogP) is 4.48. The maximum Gasteiger partial charge on any atom is 0.262 e. The molecule has 0 aliphatic rings. The molecule has 0 fully saturated rings. The fourth-order valence-corrected chi connectivity index (χ4v) is 4.46. The van der Waals surface area contributed by atoms with Crippen LogP contribution in [0, 0.1) is 0 Å². The van der Waals surface area contributed by atoms with Crippen molar-refractivity contribution in [2.75, 3.05) is 25.0 Å². The Labute approximate surface area is 184 Å². The molecule has 154 valence electrons. The second-order valence-electron chi connectivity index (χ2n) is 5.84. The summed E-state index contributed by atoms with van der Waals surface area (Å²) in [5, 5.41) is 3.02. The zero-order valence-corrected chi connectivity index (χ0v) is 18.6. The summed E-state index contributed by atoms with van der Waals surface area (Å²) < 4.78 is 32.8. The highest BCUT2D eigenvalue weighted by Gasteiger charge is 2.22. The van der Waals surface area contributed by atoms with Gasteiger partial charge in [0.15, 0.2) is 6.61 Å². The quantitative estimate of drug-likeness (QED) is 0.489. The lowest BCUT2D eigenvalue weighted by molar-refractivity contribution is -0.118. The summed E-state index contributed by atoms with van der Waals surface area (Å²) in [6, 6.07) is 10.9. The number of nitrogens with zero attached hydrogens (tertiary/aromatic N) is 1. The SMILES string of the molecule is C=CCN(CC=C)S(=O)(=O)c1ccc(NC(=O)COc2ccc(Br)cc2Cl)cc1. The lowest BCUT2D eigenvalue weighted by atomic mass is 10.3. The summed E-state index contributed by atoms with van der Waals surface area (Å²) in [7, 11) is -3.69. The van der Waals surface area contributed by atoms with E-state index in [1.54, 1.807) is 18.2 Å². The van der Waals surface area contributed by atoms with Gasteiger partial charge in [0.1, 0.15) is 5.75 Å². The van der Waals surface area contributed by atoms with Crippen LogP contribution in [-0.4, -0.2) is 38.3 Å². The molecule has 0 atom stereocenters. The Bertz CT molecular complexity index is 984. The first-order chi connectivity index (χ1) is 13.8. The van der Waals surface area contributed by atoms with Gasteiger partial charge < -0.3 is 10.1 Å². The third-order valence-electron chi connectivity index (χ3n) is 3.69. The van der Waals surface area contributed by atoms with Crippen LogP contribution in [0.15, 0.2) is 77.1 Å². The Morgan fingerprint density at radius 2 is 1.76 bits per heavy atom. The second-order valence-corrected chi connectivity index (χ2v) is 9.10. The highest BCUT2D eigenvalue weighted by atomic mass is 79.9. The number of carbonyl (C=O) groups is 1. The van der Waals surface area contributed by atoms with E-state index in [0.29, 0.717) is 16.5 Å². The minimum absolute atomic E-state index is 0.108. The Kier molecular flexibility index (Phi) is 8.45. The fraction of sp³-hybridized carbons (Fsp3) is 0.150. The number of halogens is 2. The minimum Gasteiger partial charge on any atom is -0.482 e. The molecule has 1 N–H and O–H groups in total. The van der Waals surface area contributed by atoms with E-state index in [0.717, 1.165) is 4.47 Å². The first kappa shape index (κ1) is 23.2. The van der Waals surface area contributed by atoms with Crippen LogP contribution in [0.25, 0.3) is 0 Å². The molecule has 0 heterocycles. The molecule has 0 spiro atoms. The number of carbonyl (C=O) groups excluding carboxylic acids is 1. The monoisotopic (exact) mass is 498 g/mol. The summed E-state index contributed by atoms with van der Waals surface area (Å²) in [6.45, 7) is 7.25. The molecule has 6 nitrogen and oxygen atoms in total. The molecule has 0 saturated carbocycles. The van der Waals surface area contributed by atoms with Crippen molar-refractivity contribution in [2.24, 2.45) is 0 Å². The lowest BCUT2D eigenvalue weighted by Crippen LogP contribution is -2.31. The molecule has 2 aromatic rings. The van der Waals surface area contributed by atoms with Gasteiger partial charge in [0.25, 0.3) is 5.91 Å². The van der Waals surface area contributed by atoms with E-state index in [1.807, 2.05) is 0 Å². The Balaban J connectivity index is 2.01. The van der Waals surface area contributed by atoms with Crippen molar-refractivity contribution in [3.8, 4) is 5.75 Å². The van der Waals surface area contributed by atoms with Gasteiger partial charge in [-0.3, -0.25) is 4.79 Å². The third kappa shape index (κ3) is 6.43. The van der Waals surface area contributed by atoms with Crippen molar-refractivity contribution in [1.29, 1.82) is 0 Å². The van der Waals surface area contributed by atoms with Gasteiger partial charge in [-0.25, -0.2) is 8.42 Å². The Morgan fingerprint density at radius 1 is 1.14 bits per heavy atom. The molecule has 0 aromatic heterocycles. The molecule has 1 amide bonds. The van der Waals surface area contributed by atoms with Crippen LogP contribution in [0.1, 0.15) is 0 Å². The van der Waals surface area contributed by atoms with Crippen LogP contribution >= 0.6 is 27.5 Å². The zero-order valence-electron chi connectivity index (χ0n) is 15.5. The molecule has 0 aliphatic heterocycles. The van der Waals surface area contributed by atoms with Gasteiger partial charge in [-0.2, -0.15) is 4.31 Å². The number of ether oxygens (including phenoxy) is 1. The van der Waals surface area contributed by atoms with Gasteiger partial charge in [-0.1, -0.05) is 39.7 Å². The van der Waals surface area contributed by atoms with Crippen LogP contribution in [0.3, 0.4) is 0 Å². The van der Waals surface area contributed by atoms with E-state index in [-0.39, 0.29) is 24.6 Å². The van der Waals surface area contributed by atoms with E-state index in [9.17, 15) is 13.2 Å². The summed E-state index contributed by atoms with van der Waals surface area (Å²) in [6.07, 6.45) is 3.01. The largest absolute Gasteiger partial charge is 0.482 e. The van der Waals surface area contributed by atoms with Crippen molar-refractivity contribution in [3.63, 3.8) is 0 Å². The summed E-state index contributed by atoms with van der Waals surface area (Å²) in [5.74, 6) is -0.0180. The molecule has 2 rings (SSSR count). The first-order valence-electron chi connectivity index (χ1n) is 8.47. The van der Waals surface area contributed by atoms with Crippen LogP contribution in [0.4, 0.5) is 5.69 Å². The van der Waals surface area contributed by atoms with Crippen LogP contribution in [0.5, 0.6) is 5.75 Å². The van der Waals surface area contributed by atoms with E-state index in [4.69, 9.17) is 16.3 Å². The smallest absolute Gasteiger partial charge is 0.262 e. The normalized spacial score (nSPS) is 11.1. The molecule has 0 saturated heterocycles. The maximum absolute atomic E-state index is 12.7. The summed E-state index contributed by atoms with van der Waals surface area (Å²) in [5.41, 5.74) is 0.443. The molecule has 0 unspecified atom stereocenters. The average molecular weight is 500 g/mol. The van der Waals surface area contributed by atoms with Gasteiger partial charge in [0, 0.05) is 23.2 Å². The fourth-order valence-electron chi connectivity index (χ4n) is 2.35. The number of sulfonamides is 1.